The Morgan fingerprint density at radius 1 is 0.925 bits per heavy atom. The van der Waals surface area contributed by atoms with Crippen LogP contribution in [0.2, 0.25) is 0 Å². The first-order valence-corrected chi connectivity index (χ1v) is 13.0. The number of aliphatic hydroxyl groups is 4. The van der Waals surface area contributed by atoms with Crippen molar-refractivity contribution in [2.45, 2.75) is 81.9 Å². The fourth-order valence-electron chi connectivity index (χ4n) is 5.27. The number of benzene rings is 2. The van der Waals surface area contributed by atoms with Crippen LogP contribution < -0.4 is 5.32 Å². The van der Waals surface area contributed by atoms with Gasteiger partial charge in [-0.3, -0.25) is 14.4 Å². The lowest BCUT2D eigenvalue weighted by Crippen LogP contribution is -2.80. The molecule has 1 aliphatic rings. The molecule has 1 saturated heterocycles. The van der Waals surface area contributed by atoms with Crippen molar-refractivity contribution in [2.75, 3.05) is 6.61 Å². The first-order valence-electron chi connectivity index (χ1n) is 13.0. The second kappa shape index (κ2) is 13.3. The molecule has 40 heavy (non-hydrogen) atoms. The number of carbonyl (C=O) groups is 3. The Bertz CT molecular complexity index is 1150. The molecule has 0 spiro atoms. The summed E-state index contributed by atoms with van der Waals surface area (Å²) in [6.45, 7) is 2.96. The Labute approximate surface area is 232 Å². The van der Waals surface area contributed by atoms with E-state index >= 15 is 0 Å². The van der Waals surface area contributed by atoms with Gasteiger partial charge in [0.1, 0.15) is 36.1 Å². The van der Waals surface area contributed by atoms with Crippen molar-refractivity contribution in [1.29, 1.82) is 0 Å². The Balaban J connectivity index is 2.14. The first kappa shape index (κ1) is 31.2. The third-order valence-electron chi connectivity index (χ3n) is 6.96. The zero-order chi connectivity index (χ0) is 29.5. The number of rotatable bonds is 11. The predicted molar refractivity (Wildman–Crippen MR) is 141 cm³/mol. The van der Waals surface area contributed by atoms with Gasteiger partial charge in [-0.05, 0) is 11.1 Å². The number of hydrogen-bond acceptors (Lipinski definition) is 10. The van der Waals surface area contributed by atoms with Gasteiger partial charge in [0.05, 0.1) is 6.10 Å². The van der Waals surface area contributed by atoms with E-state index in [0.717, 1.165) is 20.8 Å². The van der Waals surface area contributed by atoms with Gasteiger partial charge in [0.25, 0.3) is 0 Å². The fraction of sp³-hybridized carbons (Fsp3) is 0.483. The molecule has 1 amide bonds. The van der Waals surface area contributed by atoms with Crippen LogP contribution in [0.3, 0.4) is 0 Å². The number of carbonyl (C=O) groups excluding carboxylic acids is 3. The van der Waals surface area contributed by atoms with Crippen molar-refractivity contribution in [3.05, 3.63) is 71.8 Å². The maximum absolute atomic E-state index is 12.5. The highest BCUT2D eigenvalue weighted by Gasteiger charge is 2.66. The van der Waals surface area contributed by atoms with E-state index in [0.29, 0.717) is 11.1 Å². The Hall–Kier alpha value is -3.35. The maximum Gasteiger partial charge on any atom is 0.303 e. The highest BCUT2D eigenvalue weighted by Crippen LogP contribution is 2.45. The highest BCUT2D eigenvalue weighted by molar-refractivity contribution is 5.73. The van der Waals surface area contributed by atoms with Crippen LogP contribution >= 0.6 is 0 Å². The average Bonchev–Trinajstić information content (AvgIpc) is 2.88. The van der Waals surface area contributed by atoms with Crippen molar-refractivity contribution < 1.29 is 49.0 Å². The molecule has 1 aliphatic heterocycles. The molecule has 1 heterocycles. The molecule has 0 radical (unpaired) electrons. The lowest BCUT2D eigenvalue weighted by molar-refractivity contribution is -0.342. The third-order valence-corrected chi connectivity index (χ3v) is 6.96. The summed E-state index contributed by atoms with van der Waals surface area (Å²) < 4.78 is 16.1. The zero-order valence-corrected chi connectivity index (χ0v) is 22.7. The van der Waals surface area contributed by atoms with Gasteiger partial charge in [-0.25, -0.2) is 0 Å². The summed E-state index contributed by atoms with van der Waals surface area (Å²) in [7, 11) is 0. The predicted octanol–water partition coefficient (Wildman–Crippen LogP) is 0.402. The molecule has 1 fully saturated rings. The van der Waals surface area contributed by atoms with Crippen molar-refractivity contribution in [1.82, 2.24) is 5.32 Å². The van der Waals surface area contributed by atoms with E-state index in [1.807, 2.05) is 0 Å². The topological polar surface area (TPSA) is 172 Å². The molecule has 0 aliphatic carbocycles. The number of nitrogens with one attached hydrogen (secondary N) is 1. The summed E-state index contributed by atoms with van der Waals surface area (Å²) in [6.07, 6.45) is -7.07. The van der Waals surface area contributed by atoms with Gasteiger partial charge in [0.15, 0.2) is 6.29 Å². The van der Waals surface area contributed by atoms with E-state index in [1.54, 1.807) is 60.7 Å². The minimum atomic E-state index is -2.48. The maximum atomic E-state index is 12.5. The molecule has 2 unspecified atom stereocenters. The van der Waals surface area contributed by atoms with E-state index in [4.69, 9.17) is 14.2 Å². The third kappa shape index (κ3) is 7.43. The standard InChI is InChI=1S/C29H37NO10/c1-18(31)30-25-27(35)40-26(24(34)14-21-10-6-4-7-11-21)29(37,15-22-12-8-5-9-13-22)28(25,36)16-23(39-20(3)33)17-38-19(2)32/h4-13,23-27,34-37H,14-17H2,1-3H3,(H,30,31)/t23?,24?,25-,26-,27+,28-,29-/m1/s1. The van der Waals surface area contributed by atoms with Gasteiger partial charge < -0.3 is 40.0 Å². The number of hydrogen-bond donors (Lipinski definition) is 5. The van der Waals surface area contributed by atoms with Crippen molar-refractivity contribution in [3.63, 3.8) is 0 Å². The van der Waals surface area contributed by atoms with E-state index in [-0.39, 0.29) is 12.8 Å². The number of ether oxygens (including phenoxy) is 3. The molecule has 0 bridgehead atoms. The van der Waals surface area contributed by atoms with Crippen molar-refractivity contribution in [2.24, 2.45) is 0 Å². The molecule has 7 atom stereocenters. The summed E-state index contributed by atoms with van der Waals surface area (Å²) in [4.78, 5) is 35.6. The summed E-state index contributed by atoms with van der Waals surface area (Å²) in [5, 5.41) is 49.7. The Morgan fingerprint density at radius 3 is 2.02 bits per heavy atom. The van der Waals surface area contributed by atoms with Crippen LogP contribution in [-0.2, 0) is 41.4 Å². The molecule has 3 rings (SSSR count). The second-order valence-electron chi connectivity index (χ2n) is 10.1. The molecule has 0 aromatic heterocycles. The van der Waals surface area contributed by atoms with Gasteiger partial charge in [0, 0.05) is 40.0 Å². The fourth-order valence-corrected chi connectivity index (χ4v) is 5.27. The van der Waals surface area contributed by atoms with Crippen LogP contribution in [0.4, 0.5) is 0 Å². The van der Waals surface area contributed by atoms with Gasteiger partial charge in [-0.1, -0.05) is 60.7 Å². The molecule has 2 aromatic carbocycles. The largest absolute Gasteiger partial charge is 0.462 e. The molecular weight excluding hydrogens is 522 g/mol. The second-order valence-corrected chi connectivity index (χ2v) is 10.1. The number of aliphatic hydroxyl groups excluding tert-OH is 2. The molecule has 5 N–H and O–H groups in total. The molecule has 0 saturated carbocycles. The van der Waals surface area contributed by atoms with E-state index in [9.17, 15) is 34.8 Å². The SMILES string of the molecule is CC(=O)N[C@@H]1[C@@H](O)O[C@H](C(O)Cc2ccccc2)[C@](O)(Cc2ccccc2)[C@@]1(O)CC(COC(C)=O)OC(C)=O. The lowest BCUT2D eigenvalue weighted by Gasteiger charge is -2.57. The van der Waals surface area contributed by atoms with E-state index in [1.165, 1.54) is 0 Å². The van der Waals surface area contributed by atoms with Crippen LogP contribution in [-0.4, -0.2) is 86.7 Å². The zero-order valence-electron chi connectivity index (χ0n) is 22.7. The molecule has 11 nitrogen and oxygen atoms in total. The number of esters is 2. The summed E-state index contributed by atoms with van der Waals surface area (Å²) in [5.74, 6) is -2.08. The smallest absolute Gasteiger partial charge is 0.303 e. The molecule has 11 heteroatoms. The first-order chi connectivity index (χ1) is 18.9. The quantitative estimate of drug-likeness (QED) is 0.243. The van der Waals surface area contributed by atoms with Gasteiger partial charge in [-0.15, -0.1) is 0 Å². The highest BCUT2D eigenvalue weighted by atomic mass is 16.6. The normalized spacial score (nSPS) is 27.7. The van der Waals surface area contributed by atoms with Crippen LogP contribution in [0, 0.1) is 0 Å². The Morgan fingerprint density at radius 2 is 1.50 bits per heavy atom. The number of amides is 1. The summed E-state index contributed by atoms with van der Waals surface area (Å²) >= 11 is 0. The monoisotopic (exact) mass is 559 g/mol. The van der Waals surface area contributed by atoms with Crippen LogP contribution in [0.5, 0.6) is 0 Å². The van der Waals surface area contributed by atoms with Crippen molar-refractivity contribution >= 4 is 17.8 Å². The summed E-state index contributed by atoms with van der Waals surface area (Å²) in [5.41, 5.74) is -3.60. The Kier molecular flexibility index (Phi) is 10.4. The minimum absolute atomic E-state index is 0.00294. The van der Waals surface area contributed by atoms with Crippen LogP contribution in [0.15, 0.2) is 60.7 Å². The minimum Gasteiger partial charge on any atom is -0.462 e. The average molecular weight is 560 g/mol. The van der Waals surface area contributed by atoms with Gasteiger partial charge in [0.2, 0.25) is 5.91 Å². The lowest BCUT2D eigenvalue weighted by atomic mass is 9.64. The van der Waals surface area contributed by atoms with Crippen LogP contribution in [0.1, 0.15) is 38.3 Å². The van der Waals surface area contributed by atoms with Crippen LogP contribution in [0.25, 0.3) is 0 Å². The van der Waals surface area contributed by atoms with Gasteiger partial charge in [-0.2, -0.15) is 0 Å². The van der Waals surface area contributed by atoms with E-state index in [2.05, 4.69) is 5.32 Å². The molecule has 218 valence electrons. The molecule has 2 aromatic rings. The van der Waals surface area contributed by atoms with Crippen molar-refractivity contribution in [3.8, 4) is 0 Å². The van der Waals surface area contributed by atoms with E-state index < -0.39 is 72.7 Å². The summed E-state index contributed by atoms with van der Waals surface area (Å²) in [6, 6.07) is 15.8. The molecular formula is C29H37NO10. The van der Waals surface area contributed by atoms with Gasteiger partial charge >= 0.3 is 11.9 Å².